The summed E-state index contributed by atoms with van der Waals surface area (Å²) in [6, 6.07) is 10.4. The molecule has 0 radical (unpaired) electrons. The fraction of sp³-hybridized carbons (Fsp3) is 0.393. The first-order chi connectivity index (χ1) is 19.9. The maximum Gasteiger partial charge on any atom is 0.323 e. The van der Waals surface area contributed by atoms with Gasteiger partial charge >= 0.3 is 6.03 Å². The van der Waals surface area contributed by atoms with Crippen LogP contribution in [0.4, 0.5) is 16.2 Å². The van der Waals surface area contributed by atoms with Gasteiger partial charge in [-0.15, -0.1) is 0 Å². The van der Waals surface area contributed by atoms with E-state index in [1.54, 1.807) is 68.1 Å². The van der Waals surface area contributed by atoms with Crippen LogP contribution in [0.25, 0.3) is 0 Å². The molecule has 2 heterocycles. The molecule has 4 rings (SSSR count). The number of hydrogen-bond donors (Lipinski definition) is 3. The van der Waals surface area contributed by atoms with Gasteiger partial charge in [0.2, 0.25) is 0 Å². The Hall–Kier alpha value is -4.14. The maximum atomic E-state index is 13.7. The second-order valence-corrected chi connectivity index (χ2v) is 12.3. The van der Waals surface area contributed by atoms with Crippen LogP contribution in [0, 0.1) is 5.92 Å². The molecule has 0 saturated carbocycles. The van der Waals surface area contributed by atoms with Crippen molar-refractivity contribution in [1.82, 2.24) is 18.8 Å². The van der Waals surface area contributed by atoms with E-state index in [4.69, 9.17) is 9.47 Å². The zero-order valence-electron chi connectivity index (χ0n) is 24.1. The first-order valence-corrected chi connectivity index (χ1v) is 14.8. The number of nitrogens with one attached hydrogen (secondary N) is 2. The summed E-state index contributed by atoms with van der Waals surface area (Å²) in [5, 5.41) is 15.3. The summed E-state index contributed by atoms with van der Waals surface area (Å²) in [5.74, 6) is -0.0129. The lowest BCUT2D eigenvalue weighted by Gasteiger charge is -2.38. The van der Waals surface area contributed by atoms with E-state index in [1.807, 2.05) is 6.92 Å². The van der Waals surface area contributed by atoms with Crippen LogP contribution in [0.5, 0.6) is 11.5 Å². The standard InChI is InChI=1S/C28H36N6O7S/c1-18-13-34(19(2)16-35)27(36)22-7-6-8-23(31-28(37)30-20-9-11-21(40-5)12-10-20)26(22)41-24(18)14-33(4)42(38,39)25-15-32(3)17-29-25/h6-12,15,17-19,24,35H,13-14,16H2,1-5H3,(H2,30,31,37)/t18-,19-,24+/m1/s1. The second kappa shape index (κ2) is 12.8. The average Bonchev–Trinajstić information content (AvgIpc) is 3.42. The Bertz CT molecular complexity index is 1530. The summed E-state index contributed by atoms with van der Waals surface area (Å²) in [5.41, 5.74) is 0.905. The Morgan fingerprint density at radius 2 is 1.95 bits per heavy atom. The molecule has 0 saturated heterocycles. The van der Waals surface area contributed by atoms with E-state index >= 15 is 0 Å². The Morgan fingerprint density at radius 1 is 1.24 bits per heavy atom. The molecule has 1 aliphatic rings. The van der Waals surface area contributed by atoms with Crippen LogP contribution in [0.3, 0.4) is 0 Å². The molecular formula is C28H36N6O7S. The number of carbonyl (C=O) groups is 2. The smallest absolute Gasteiger partial charge is 0.323 e. The lowest BCUT2D eigenvalue weighted by molar-refractivity contribution is 0.0389. The number of methoxy groups -OCH3 is 1. The number of aliphatic hydroxyl groups excluding tert-OH is 1. The number of fused-ring (bicyclic) bond motifs is 1. The van der Waals surface area contributed by atoms with Gasteiger partial charge < -0.3 is 34.7 Å². The Morgan fingerprint density at radius 3 is 2.57 bits per heavy atom. The zero-order chi connectivity index (χ0) is 30.6. The van der Waals surface area contributed by atoms with E-state index in [1.165, 1.54) is 24.5 Å². The molecule has 1 aromatic heterocycles. The molecular weight excluding hydrogens is 564 g/mol. The van der Waals surface area contributed by atoms with Crippen molar-refractivity contribution >= 4 is 33.3 Å². The molecule has 3 N–H and O–H groups in total. The van der Waals surface area contributed by atoms with Gasteiger partial charge in [0.15, 0.2) is 10.8 Å². The van der Waals surface area contributed by atoms with Crippen LogP contribution in [0.1, 0.15) is 24.2 Å². The topological polar surface area (TPSA) is 155 Å². The molecule has 3 aromatic rings. The normalized spacial score (nSPS) is 18.0. The number of benzene rings is 2. The molecule has 2 aromatic carbocycles. The van der Waals surface area contributed by atoms with Crippen molar-refractivity contribution in [2.75, 3.05) is 44.5 Å². The highest BCUT2D eigenvalue weighted by molar-refractivity contribution is 7.89. The number of aryl methyl sites for hydroxylation is 1. The largest absolute Gasteiger partial charge is 0.497 e. The van der Waals surface area contributed by atoms with Crippen LogP contribution in [0.15, 0.2) is 60.0 Å². The van der Waals surface area contributed by atoms with Crippen LogP contribution in [-0.4, -0.2) is 90.2 Å². The number of imidazole rings is 1. The predicted octanol–water partition coefficient (Wildman–Crippen LogP) is 2.61. The van der Waals surface area contributed by atoms with Gasteiger partial charge in [0.05, 0.1) is 43.9 Å². The number of amides is 3. The van der Waals surface area contributed by atoms with E-state index in [9.17, 15) is 23.1 Å². The minimum absolute atomic E-state index is 0.0680. The quantitative estimate of drug-likeness (QED) is 0.339. The lowest BCUT2D eigenvalue weighted by Crippen LogP contribution is -2.50. The summed E-state index contributed by atoms with van der Waals surface area (Å²) in [6.45, 7) is 3.44. The summed E-state index contributed by atoms with van der Waals surface area (Å²) in [4.78, 5) is 32.2. The highest BCUT2D eigenvalue weighted by Gasteiger charge is 2.36. The molecule has 0 spiro atoms. The number of carbonyl (C=O) groups excluding carboxylic acids is 2. The van der Waals surface area contributed by atoms with Crippen LogP contribution < -0.4 is 20.1 Å². The minimum atomic E-state index is -3.94. The number of sulfonamides is 1. The number of aliphatic hydroxyl groups is 1. The number of rotatable bonds is 9. The highest BCUT2D eigenvalue weighted by atomic mass is 32.2. The van der Waals surface area contributed by atoms with E-state index in [2.05, 4.69) is 15.6 Å². The molecule has 0 aliphatic carbocycles. The van der Waals surface area contributed by atoms with E-state index in [-0.39, 0.29) is 53.5 Å². The lowest BCUT2D eigenvalue weighted by atomic mass is 9.99. The number of nitrogens with zero attached hydrogens (tertiary/aromatic N) is 4. The monoisotopic (exact) mass is 600 g/mol. The first-order valence-electron chi connectivity index (χ1n) is 13.3. The molecule has 0 bridgehead atoms. The third-order valence-electron chi connectivity index (χ3n) is 7.08. The van der Waals surface area contributed by atoms with Crippen molar-refractivity contribution in [1.29, 1.82) is 0 Å². The minimum Gasteiger partial charge on any atom is -0.497 e. The van der Waals surface area contributed by atoms with Crippen LogP contribution >= 0.6 is 0 Å². The predicted molar refractivity (Wildman–Crippen MR) is 156 cm³/mol. The van der Waals surface area contributed by atoms with Gasteiger partial charge in [-0.1, -0.05) is 13.0 Å². The van der Waals surface area contributed by atoms with Gasteiger partial charge in [0.1, 0.15) is 11.9 Å². The molecule has 3 amide bonds. The zero-order valence-corrected chi connectivity index (χ0v) is 25.0. The van der Waals surface area contributed by atoms with Crippen molar-refractivity contribution in [2.24, 2.45) is 13.0 Å². The summed E-state index contributed by atoms with van der Waals surface area (Å²) < 4.78 is 40.7. The number of urea groups is 1. The number of anilines is 2. The summed E-state index contributed by atoms with van der Waals surface area (Å²) in [7, 11) is 0.715. The summed E-state index contributed by atoms with van der Waals surface area (Å²) >= 11 is 0. The molecule has 13 nitrogen and oxygen atoms in total. The molecule has 0 unspecified atom stereocenters. The van der Waals surface area contributed by atoms with Gasteiger partial charge in [-0.25, -0.2) is 18.2 Å². The fourth-order valence-corrected chi connectivity index (χ4v) is 5.69. The van der Waals surface area contributed by atoms with E-state index in [0.717, 1.165) is 4.31 Å². The van der Waals surface area contributed by atoms with Crippen molar-refractivity contribution in [3.8, 4) is 11.5 Å². The molecule has 3 atom stereocenters. The number of aromatic nitrogens is 2. The Balaban J connectivity index is 1.67. The van der Waals surface area contributed by atoms with Gasteiger partial charge in [-0.3, -0.25) is 4.79 Å². The van der Waals surface area contributed by atoms with Crippen LogP contribution in [0.2, 0.25) is 0 Å². The molecule has 1 aliphatic heterocycles. The highest BCUT2D eigenvalue weighted by Crippen LogP contribution is 2.35. The van der Waals surface area contributed by atoms with Crippen molar-refractivity contribution < 1.29 is 32.6 Å². The van der Waals surface area contributed by atoms with Crippen molar-refractivity contribution in [3.63, 3.8) is 0 Å². The molecule has 14 heteroatoms. The van der Waals surface area contributed by atoms with E-state index in [0.29, 0.717) is 11.4 Å². The van der Waals surface area contributed by atoms with E-state index < -0.39 is 28.2 Å². The van der Waals surface area contributed by atoms with Gasteiger partial charge in [-0.05, 0) is 43.3 Å². The molecule has 226 valence electrons. The third kappa shape index (κ3) is 6.66. The SMILES string of the molecule is COc1ccc(NC(=O)Nc2cccc3c2O[C@@H](CN(C)S(=O)(=O)c2cn(C)cn2)[C@H](C)CN([C@H](C)CO)C3=O)cc1. The summed E-state index contributed by atoms with van der Waals surface area (Å²) in [6.07, 6.45) is 2.08. The van der Waals surface area contributed by atoms with Crippen LogP contribution in [-0.2, 0) is 17.1 Å². The number of likely N-dealkylation sites (N-methyl/N-ethyl adjacent to an activating group) is 1. The second-order valence-electron chi connectivity index (χ2n) is 10.3. The average molecular weight is 601 g/mol. The van der Waals surface area contributed by atoms with Crippen molar-refractivity contribution in [3.05, 3.63) is 60.6 Å². The fourth-order valence-electron chi connectivity index (χ4n) is 4.55. The third-order valence-corrected chi connectivity index (χ3v) is 8.79. The Labute approximate surface area is 245 Å². The number of ether oxygens (including phenoxy) is 2. The first kappa shape index (κ1) is 30.8. The Kier molecular flexibility index (Phi) is 9.39. The van der Waals surface area contributed by atoms with Gasteiger partial charge in [-0.2, -0.15) is 4.31 Å². The maximum absolute atomic E-state index is 13.7. The molecule has 0 fully saturated rings. The number of para-hydroxylation sites is 1. The van der Waals surface area contributed by atoms with Gasteiger partial charge in [0, 0.05) is 38.4 Å². The molecule has 42 heavy (non-hydrogen) atoms. The number of hydrogen-bond acceptors (Lipinski definition) is 8. The van der Waals surface area contributed by atoms with Gasteiger partial charge in [0.25, 0.3) is 15.9 Å². The van der Waals surface area contributed by atoms with Crippen molar-refractivity contribution in [2.45, 2.75) is 31.0 Å².